The van der Waals surface area contributed by atoms with E-state index in [1.54, 1.807) is 0 Å². The maximum Gasteiger partial charge on any atom is -0.00233 e. The smallest absolute Gasteiger partial charge is 0.00233 e. The van der Waals surface area contributed by atoms with Gasteiger partial charge in [0.25, 0.3) is 0 Å². The zero-order valence-corrected chi connectivity index (χ0v) is 6.91. The molecule has 0 rings (SSSR count). The molecular weight excluding hydrogens is 110 g/mol. The third-order valence-electron chi connectivity index (χ3n) is 1.62. The highest BCUT2D eigenvalue weighted by molar-refractivity contribution is 4.52. The minimum absolute atomic E-state index is 0.844. The van der Waals surface area contributed by atoms with Gasteiger partial charge in [-0.25, -0.2) is 0 Å². The molecule has 0 aliphatic carbocycles. The SMILES string of the molecule is CCCNCC(C)CC. The Hall–Kier alpha value is -0.0400. The van der Waals surface area contributed by atoms with Gasteiger partial charge in [-0.15, -0.1) is 0 Å². The van der Waals surface area contributed by atoms with Crippen molar-refractivity contribution in [2.45, 2.75) is 33.6 Å². The van der Waals surface area contributed by atoms with Gasteiger partial charge < -0.3 is 5.32 Å². The normalized spacial score (nSPS) is 13.7. The standard InChI is InChI=1S/C8H19N/c1-4-6-9-7-8(3)5-2/h8-9H,4-7H2,1-3H3. The van der Waals surface area contributed by atoms with Crippen molar-refractivity contribution in [3.8, 4) is 0 Å². The van der Waals surface area contributed by atoms with Crippen LogP contribution in [0.3, 0.4) is 0 Å². The molecule has 1 N–H and O–H groups in total. The van der Waals surface area contributed by atoms with E-state index in [0.717, 1.165) is 5.92 Å². The molecule has 0 heterocycles. The number of rotatable bonds is 5. The van der Waals surface area contributed by atoms with Crippen molar-refractivity contribution in [1.82, 2.24) is 5.32 Å². The first-order chi connectivity index (χ1) is 4.31. The van der Waals surface area contributed by atoms with Gasteiger partial charge in [-0.05, 0) is 25.4 Å². The molecule has 0 saturated carbocycles. The summed E-state index contributed by atoms with van der Waals surface area (Å²) in [6, 6.07) is 0. The Labute approximate surface area is 58.8 Å². The van der Waals surface area contributed by atoms with Crippen LogP contribution in [0.25, 0.3) is 0 Å². The van der Waals surface area contributed by atoms with Gasteiger partial charge in [0.15, 0.2) is 0 Å². The summed E-state index contributed by atoms with van der Waals surface area (Å²) in [6.45, 7) is 9.07. The number of nitrogens with one attached hydrogen (secondary N) is 1. The summed E-state index contributed by atoms with van der Waals surface area (Å²) in [7, 11) is 0. The van der Waals surface area contributed by atoms with Crippen molar-refractivity contribution in [1.29, 1.82) is 0 Å². The lowest BCUT2D eigenvalue weighted by molar-refractivity contribution is 0.500. The van der Waals surface area contributed by atoms with Crippen molar-refractivity contribution in [3.05, 3.63) is 0 Å². The molecule has 1 atom stereocenters. The van der Waals surface area contributed by atoms with Crippen molar-refractivity contribution in [2.75, 3.05) is 13.1 Å². The van der Waals surface area contributed by atoms with Gasteiger partial charge in [-0.3, -0.25) is 0 Å². The van der Waals surface area contributed by atoms with Crippen LogP contribution in [0.2, 0.25) is 0 Å². The summed E-state index contributed by atoms with van der Waals surface area (Å²) in [5, 5.41) is 3.39. The second kappa shape index (κ2) is 6.09. The van der Waals surface area contributed by atoms with E-state index in [1.165, 1.54) is 25.9 Å². The highest BCUT2D eigenvalue weighted by atomic mass is 14.8. The second-order valence-electron chi connectivity index (χ2n) is 2.72. The molecular formula is C8H19N. The topological polar surface area (TPSA) is 12.0 Å². The molecule has 0 radical (unpaired) electrons. The van der Waals surface area contributed by atoms with Crippen LogP contribution in [0.5, 0.6) is 0 Å². The molecule has 1 heteroatoms. The Kier molecular flexibility index (Phi) is 6.06. The Balaban J connectivity index is 2.88. The minimum Gasteiger partial charge on any atom is -0.316 e. The Bertz CT molecular complexity index is 52.5. The molecule has 1 nitrogen and oxygen atoms in total. The third kappa shape index (κ3) is 5.84. The summed E-state index contributed by atoms with van der Waals surface area (Å²) < 4.78 is 0. The van der Waals surface area contributed by atoms with Gasteiger partial charge >= 0.3 is 0 Å². The first-order valence-corrected chi connectivity index (χ1v) is 4.02. The second-order valence-corrected chi connectivity index (χ2v) is 2.72. The molecule has 9 heavy (non-hydrogen) atoms. The van der Waals surface area contributed by atoms with E-state index in [1.807, 2.05) is 0 Å². The first kappa shape index (κ1) is 8.96. The monoisotopic (exact) mass is 129 g/mol. The maximum atomic E-state index is 3.39. The molecule has 0 bridgehead atoms. The zero-order chi connectivity index (χ0) is 7.11. The van der Waals surface area contributed by atoms with Gasteiger partial charge in [-0.2, -0.15) is 0 Å². The third-order valence-corrected chi connectivity index (χ3v) is 1.62. The van der Waals surface area contributed by atoms with Crippen molar-refractivity contribution >= 4 is 0 Å². The van der Waals surface area contributed by atoms with E-state index >= 15 is 0 Å². The predicted molar refractivity (Wildman–Crippen MR) is 42.6 cm³/mol. The molecule has 0 aromatic rings. The average molecular weight is 129 g/mol. The highest BCUT2D eigenvalue weighted by Crippen LogP contribution is 1.96. The fraction of sp³-hybridized carbons (Fsp3) is 1.00. The van der Waals surface area contributed by atoms with Gasteiger partial charge in [-0.1, -0.05) is 27.2 Å². The largest absolute Gasteiger partial charge is 0.316 e. The van der Waals surface area contributed by atoms with Crippen molar-refractivity contribution < 1.29 is 0 Å². The quantitative estimate of drug-likeness (QED) is 0.560. The average Bonchev–Trinajstić information content (AvgIpc) is 1.89. The van der Waals surface area contributed by atoms with E-state index < -0.39 is 0 Å². The van der Waals surface area contributed by atoms with Crippen LogP contribution in [0.4, 0.5) is 0 Å². The lowest BCUT2D eigenvalue weighted by Crippen LogP contribution is -2.21. The fourth-order valence-corrected chi connectivity index (χ4v) is 0.670. The van der Waals surface area contributed by atoms with E-state index in [9.17, 15) is 0 Å². The predicted octanol–water partition coefficient (Wildman–Crippen LogP) is 2.03. The molecule has 0 aromatic carbocycles. The molecule has 56 valence electrons. The minimum atomic E-state index is 0.844. The fourth-order valence-electron chi connectivity index (χ4n) is 0.670. The first-order valence-electron chi connectivity index (χ1n) is 4.02. The number of hydrogen-bond donors (Lipinski definition) is 1. The molecule has 0 aliphatic heterocycles. The van der Waals surface area contributed by atoms with E-state index in [-0.39, 0.29) is 0 Å². The van der Waals surface area contributed by atoms with Gasteiger partial charge in [0.05, 0.1) is 0 Å². The van der Waals surface area contributed by atoms with Crippen LogP contribution >= 0.6 is 0 Å². The summed E-state index contributed by atoms with van der Waals surface area (Å²) in [4.78, 5) is 0. The Morgan fingerprint density at radius 3 is 2.44 bits per heavy atom. The zero-order valence-electron chi connectivity index (χ0n) is 6.91. The van der Waals surface area contributed by atoms with Crippen LogP contribution in [0.1, 0.15) is 33.6 Å². The van der Waals surface area contributed by atoms with Gasteiger partial charge in [0.2, 0.25) is 0 Å². The van der Waals surface area contributed by atoms with E-state index in [0.29, 0.717) is 0 Å². The lowest BCUT2D eigenvalue weighted by Gasteiger charge is -2.07. The molecule has 0 fully saturated rings. The maximum absolute atomic E-state index is 3.39. The van der Waals surface area contributed by atoms with Crippen LogP contribution in [-0.4, -0.2) is 13.1 Å². The molecule has 0 aromatic heterocycles. The summed E-state index contributed by atoms with van der Waals surface area (Å²) in [5.41, 5.74) is 0. The van der Waals surface area contributed by atoms with E-state index in [4.69, 9.17) is 0 Å². The molecule has 0 saturated heterocycles. The Morgan fingerprint density at radius 1 is 1.33 bits per heavy atom. The van der Waals surface area contributed by atoms with E-state index in [2.05, 4.69) is 26.1 Å². The Morgan fingerprint density at radius 2 is 2.00 bits per heavy atom. The molecule has 1 unspecified atom stereocenters. The van der Waals surface area contributed by atoms with Crippen LogP contribution in [0, 0.1) is 5.92 Å². The van der Waals surface area contributed by atoms with Gasteiger partial charge in [0, 0.05) is 0 Å². The van der Waals surface area contributed by atoms with Crippen molar-refractivity contribution in [3.63, 3.8) is 0 Å². The highest BCUT2D eigenvalue weighted by Gasteiger charge is 1.94. The number of hydrogen-bond acceptors (Lipinski definition) is 1. The molecule has 0 amide bonds. The summed E-state index contributed by atoms with van der Waals surface area (Å²) in [5.74, 6) is 0.844. The summed E-state index contributed by atoms with van der Waals surface area (Å²) >= 11 is 0. The molecule has 0 spiro atoms. The van der Waals surface area contributed by atoms with Crippen LogP contribution in [0.15, 0.2) is 0 Å². The van der Waals surface area contributed by atoms with Gasteiger partial charge in [0.1, 0.15) is 0 Å². The van der Waals surface area contributed by atoms with Crippen LogP contribution in [-0.2, 0) is 0 Å². The lowest BCUT2D eigenvalue weighted by atomic mass is 10.1. The molecule has 0 aliphatic rings. The van der Waals surface area contributed by atoms with Crippen LogP contribution < -0.4 is 5.32 Å². The summed E-state index contributed by atoms with van der Waals surface area (Å²) in [6.07, 6.45) is 2.53. The van der Waals surface area contributed by atoms with Crippen molar-refractivity contribution in [2.24, 2.45) is 5.92 Å².